The molecule has 0 spiro atoms. The summed E-state index contributed by atoms with van der Waals surface area (Å²) in [5, 5.41) is 8.41. The molecule has 1 rings (SSSR count). The lowest BCUT2D eigenvalue weighted by molar-refractivity contribution is 0.629. The first-order valence-corrected chi connectivity index (χ1v) is 4.13. The van der Waals surface area contributed by atoms with Crippen molar-refractivity contribution in [3.63, 3.8) is 0 Å². The van der Waals surface area contributed by atoms with Crippen molar-refractivity contribution in [2.45, 2.75) is 32.7 Å². The number of rotatable bonds is 3. The lowest BCUT2D eigenvalue weighted by Gasteiger charge is -2.07. The van der Waals surface area contributed by atoms with Crippen LogP contribution in [0.1, 0.15) is 32.0 Å². The first kappa shape index (κ1) is 8.79. The first-order chi connectivity index (χ1) is 5.75. The van der Waals surface area contributed by atoms with Crippen LogP contribution < -0.4 is 0 Å². The van der Waals surface area contributed by atoms with Crippen LogP contribution in [0, 0.1) is 11.3 Å². The van der Waals surface area contributed by atoms with Gasteiger partial charge in [-0.1, -0.05) is 13.8 Å². The summed E-state index contributed by atoms with van der Waals surface area (Å²) in [4.78, 5) is 4.22. The van der Waals surface area contributed by atoms with Crippen LogP contribution in [0.2, 0.25) is 0 Å². The first-order valence-electron chi connectivity index (χ1n) is 4.13. The van der Waals surface area contributed by atoms with Crippen molar-refractivity contribution >= 4 is 0 Å². The van der Waals surface area contributed by atoms with Gasteiger partial charge in [-0.2, -0.15) is 5.26 Å². The van der Waals surface area contributed by atoms with Crippen molar-refractivity contribution < 1.29 is 0 Å². The van der Waals surface area contributed by atoms with Gasteiger partial charge in [0.15, 0.2) is 0 Å². The standard InChI is InChI=1S/C9H13N3/c1-8(2)9-11-5-7-12(9)6-3-4-10/h5,7-8H,3,6H2,1-2H3. The fourth-order valence-electron chi connectivity index (χ4n) is 1.18. The quantitative estimate of drug-likeness (QED) is 0.683. The largest absolute Gasteiger partial charge is 0.334 e. The predicted molar refractivity (Wildman–Crippen MR) is 46.5 cm³/mol. The fraction of sp³-hybridized carbons (Fsp3) is 0.556. The maximum absolute atomic E-state index is 8.41. The highest BCUT2D eigenvalue weighted by molar-refractivity contribution is 4.97. The Balaban J connectivity index is 2.72. The predicted octanol–water partition coefficient (Wildman–Crippen LogP) is 1.92. The van der Waals surface area contributed by atoms with Gasteiger partial charge in [0.05, 0.1) is 12.5 Å². The van der Waals surface area contributed by atoms with E-state index >= 15 is 0 Å². The highest BCUT2D eigenvalue weighted by Crippen LogP contribution is 2.11. The van der Waals surface area contributed by atoms with Crippen molar-refractivity contribution in [3.8, 4) is 6.07 Å². The zero-order valence-electron chi connectivity index (χ0n) is 7.49. The van der Waals surface area contributed by atoms with Gasteiger partial charge < -0.3 is 4.57 Å². The summed E-state index contributed by atoms with van der Waals surface area (Å²) in [5.41, 5.74) is 0. The number of nitriles is 1. The van der Waals surface area contributed by atoms with Gasteiger partial charge in [0.1, 0.15) is 5.82 Å². The second kappa shape index (κ2) is 3.91. The topological polar surface area (TPSA) is 41.6 Å². The highest BCUT2D eigenvalue weighted by Gasteiger charge is 2.05. The van der Waals surface area contributed by atoms with E-state index in [-0.39, 0.29) is 0 Å². The number of aryl methyl sites for hydroxylation is 1. The van der Waals surface area contributed by atoms with E-state index in [2.05, 4.69) is 24.9 Å². The third-order valence-corrected chi connectivity index (χ3v) is 1.73. The molecule has 0 fully saturated rings. The lowest BCUT2D eigenvalue weighted by Crippen LogP contribution is -2.04. The molecule has 1 aromatic rings. The Morgan fingerprint density at radius 3 is 3.00 bits per heavy atom. The van der Waals surface area contributed by atoms with Gasteiger partial charge in [0, 0.05) is 24.9 Å². The van der Waals surface area contributed by atoms with E-state index in [1.54, 1.807) is 6.20 Å². The molecule has 64 valence electrons. The van der Waals surface area contributed by atoms with E-state index in [4.69, 9.17) is 5.26 Å². The van der Waals surface area contributed by atoms with Crippen molar-refractivity contribution in [3.05, 3.63) is 18.2 Å². The molecule has 0 unspecified atom stereocenters. The van der Waals surface area contributed by atoms with Crippen molar-refractivity contribution in [1.82, 2.24) is 9.55 Å². The average molecular weight is 163 g/mol. The zero-order valence-corrected chi connectivity index (χ0v) is 7.49. The monoisotopic (exact) mass is 163 g/mol. The van der Waals surface area contributed by atoms with Crippen LogP contribution >= 0.6 is 0 Å². The van der Waals surface area contributed by atoms with Gasteiger partial charge in [0.2, 0.25) is 0 Å². The van der Waals surface area contributed by atoms with Gasteiger partial charge in [-0.3, -0.25) is 0 Å². The van der Waals surface area contributed by atoms with Gasteiger partial charge in [-0.25, -0.2) is 4.98 Å². The summed E-state index contributed by atoms with van der Waals surface area (Å²) >= 11 is 0. The molecule has 3 nitrogen and oxygen atoms in total. The van der Waals surface area contributed by atoms with E-state index in [1.165, 1.54) is 0 Å². The smallest absolute Gasteiger partial charge is 0.111 e. The van der Waals surface area contributed by atoms with Crippen LogP contribution in [0.4, 0.5) is 0 Å². The molecule has 1 heterocycles. The molecule has 0 aliphatic rings. The second-order valence-corrected chi connectivity index (χ2v) is 3.04. The third-order valence-electron chi connectivity index (χ3n) is 1.73. The molecule has 0 atom stereocenters. The van der Waals surface area contributed by atoms with Gasteiger partial charge >= 0.3 is 0 Å². The molecule has 0 N–H and O–H groups in total. The van der Waals surface area contributed by atoms with Crippen LogP contribution in [0.25, 0.3) is 0 Å². The summed E-state index contributed by atoms with van der Waals surface area (Å²) in [6.07, 6.45) is 4.26. The normalized spacial score (nSPS) is 10.2. The van der Waals surface area contributed by atoms with Crippen LogP contribution in [0.5, 0.6) is 0 Å². The number of hydrogen-bond donors (Lipinski definition) is 0. The molecule has 12 heavy (non-hydrogen) atoms. The SMILES string of the molecule is CC(C)c1nccn1CCC#N. The molecular formula is C9H13N3. The highest BCUT2D eigenvalue weighted by atomic mass is 15.1. The Bertz CT molecular complexity index is 280. The molecule has 3 heteroatoms. The molecule has 0 aromatic carbocycles. The van der Waals surface area contributed by atoms with Crippen LogP contribution in [-0.4, -0.2) is 9.55 Å². The van der Waals surface area contributed by atoms with E-state index in [9.17, 15) is 0 Å². The van der Waals surface area contributed by atoms with E-state index in [0.29, 0.717) is 12.3 Å². The van der Waals surface area contributed by atoms with Gasteiger partial charge in [-0.05, 0) is 0 Å². The maximum Gasteiger partial charge on any atom is 0.111 e. The Kier molecular flexibility index (Phi) is 2.87. The molecule has 0 amide bonds. The molecule has 0 radical (unpaired) electrons. The van der Waals surface area contributed by atoms with Crippen molar-refractivity contribution in [1.29, 1.82) is 5.26 Å². The zero-order chi connectivity index (χ0) is 8.97. The molecular weight excluding hydrogens is 150 g/mol. The number of nitrogens with zero attached hydrogens (tertiary/aromatic N) is 3. The second-order valence-electron chi connectivity index (χ2n) is 3.04. The maximum atomic E-state index is 8.41. The molecule has 0 saturated carbocycles. The minimum atomic E-state index is 0.429. The molecule has 0 saturated heterocycles. The summed E-state index contributed by atoms with van der Waals surface area (Å²) in [5.74, 6) is 1.49. The Hall–Kier alpha value is -1.30. The minimum absolute atomic E-state index is 0.429. The summed E-state index contributed by atoms with van der Waals surface area (Å²) in [6, 6.07) is 2.12. The number of hydrogen-bond acceptors (Lipinski definition) is 2. The summed E-state index contributed by atoms with van der Waals surface area (Å²) in [6.45, 7) is 4.96. The lowest BCUT2D eigenvalue weighted by atomic mass is 10.2. The van der Waals surface area contributed by atoms with Crippen LogP contribution in [0.15, 0.2) is 12.4 Å². The minimum Gasteiger partial charge on any atom is -0.334 e. The molecule has 0 aliphatic heterocycles. The van der Waals surface area contributed by atoms with Crippen molar-refractivity contribution in [2.75, 3.05) is 0 Å². The van der Waals surface area contributed by atoms with Gasteiger partial charge in [-0.15, -0.1) is 0 Å². The fourth-order valence-corrected chi connectivity index (χ4v) is 1.18. The van der Waals surface area contributed by atoms with E-state index in [1.807, 2.05) is 10.8 Å². The van der Waals surface area contributed by atoms with E-state index < -0.39 is 0 Å². The summed E-state index contributed by atoms with van der Waals surface area (Å²) in [7, 11) is 0. The number of imidazole rings is 1. The van der Waals surface area contributed by atoms with Crippen molar-refractivity contribution in [2.24, 2.45) is 0 Å². The molecule has 0 bridgehead atoms. The summed E-state index contributed by atoms with van der Waals surface area (Å²) < 4.78 is 2.04. The Morgan fingerprint density at radius 1 is 1.67 bits per heavy atom. The van der Waals surface area contributed by atoms with Crippen LogP contribution in [-0.2, 0) is 6.54 Å². The Labute approximate surface area is 72.7 Å². The molecule has 1 aromatic heterocycles. The average Bonchev–Trinajstić information content (AvgIpc) is 2.48. The Morgan fingerprint density at radius 2 is 2.42 bits per heavy atom. The molecule has 0 aliphatic carbocycles. The number of aromatic nitrogens is 2. The third kappa shape index (κ3) is 1.85. The van der Waals surface area contributed by atoms with Gasteiger partial charge in [0.25, 0.3) is 0 Å². The van der Waals surface area contributed by atoms with E-state index in [0.717, 1.165) is 12.4 Å². The van der Waals surface area contributed by atoms with Crippen LogP contribution in [0.3, 0.4) is 0 Å².